The Balaban J connectivity index is 1.62. The Labute approximate surface area is 154 Å². The largest absolute Gasteiger partial charge is 0.454 e. The van der Waals surface area contributed by atoms with Gasteiger partial charge in [0.2, 0.25) is 22.7 Å². The van der Waals surface area contributed by atoms with Crippen molar-refractivity contribution in [1.29, 1.82) is 0 Å². The normalized spacial score (nSPS) is 17.4. The van der Waals surface area contributed by atoms with Crippen LogP contribution in [0, 0.1) is 0 Å². The third-order valence-corrected chi connectivity index (χ3v) is 6.05. The molecule has 1 amide bonds. The molecule has 3 rings (SSSR count). The molecule has 1 saturated heterocycles. The van der Waals surface area contributed by atoms with Gasteiger partial charge >= 0.3 is 0 Å². The van der Waals surface area contributed by atoms with Crippen molar-refractivity contribution < 1.29 is 22.7 Å². The van der Waals surface area contributed by atoms with Gasteiger partial charge < -0.3 is 14.4 Å². The summed E-state index contributed by atoms with van der Waals surface area (Å²) in [4.78, 5) is 14.3. The molecule has 144 valence electrons. The second-order valence-electron chi connectivity index (χ2n) is 6.83. The van der Waals surface area contributed by atoms with Crippen LogP contribution in [0.15, 0.2) is 18.2 Å². The summed E-state index contributed by atoms with van der Waals surface area (Å²) in [5, 5.41) is 0. The van der Waals surface area contributed by atoms with Crippen LogP contribution in [0.3, 0.4) is 0 Å². The smallest absolute Gasteiger partial charge is 0.231 e. The summed E-state index contributed by atoms with van der Waals surface area (Å²) in [7, 11) is -3.42. The van der Waals surface area contributed by atoms with Crippen molar-refractivity contribution in [3.8, 4) is 11.5 Å². The van der Waals surface area contributed by atoms with Gasteiger partial charge in [-0.15, -0.1) is 0 Å². The number of amides is 1. The van der Waals surface area contributed by atoms with E-state index in [4.69, 9.17) is 9.47 Å². The highest BCUT2D eigenvalue weighted by Crippen LogP contribution is 2.33. The van der Waals surface area contributed by atoms with E-state index in [-0.39, 0.29) is 32.2 Å². The van der Waals surface area contributed by atoms with Crippen LogP contribution in [0.5, 0.6) is 11.5 Å². The minimum atomic E-state index is -3.42. The van der Waals surface area contributed by atoms with Gasteiger partial charge in [-0.05, 0) is 30.5 Å². The standard InChI is InChI=1S/C18H26N2O5S/c1-26(22,23)20(11-8-18(21)19-9-4-2-3-5-10-19)13-15-6-7-16-17(12-15)25-14-24-16/h6-7,12H,2-5,8-11,13-14H2,1H3. The molecule has 0 spiro atoms. The maximum Gasteiger partial charge on any atom is 0.231 e. The zero-order chi connectivity index (χ0) is 18.6. The summed E-state index contributed by atoms with van der Waals surface area (Å²) >= 11 is 0. The Morgan fingerprint density at radius 1 is 1.12 bits per heavy atom. The topological polar surface area (TPSA) is 76.2 Å². The van der Waals surface area contributed by atoms with E-state index in [1.54, 1.807) is 12.1 Å². The molecule has 8 heteroatoms. The molecule has 0 N–H and O–H groups in total. The monoisotopic (exact) mass is 382 g/mol. The second-order valence-corrected chi connectivity index (χ2v) is 8.81. The van der Waals surface area contributed by atoms with Crippen molar-refractivity contribution in [2.75, 3.05) is 32.7 Å². The molecule has 0 atom stereocenters. The van der Waals surface area contributed by atoms with Crippen molar-refractivity contribution in [3.63, 3.8) is 0 Å². The molecule has 1 fully saturated rings. The lowest BCUT2D eigenvalue weighted by Crippen LogP contribution is -2.37. The molecule has 1 aromatic rings. The van der Waals surface area contributed by atoms with Gasteiger partial charge in [0, 0.05) is 32.6 Å². The minimum absolute atomic E-state index is 0.0336. The molecule has 1 aromatic carbocycles. The minimum Gasteiger partial charge on any atom is -0.454 e. The fourth-order valence-electron chi connectivity index (χ4n) is 3.30. The first kappa shape index (κ1) is 19.0. The highest BCUT2D eigenvalue weighted by molar-refractivity contribution is 7.88. The van der Waals surface area contributed by atoms with E-state index in [2.05, 4.69) is 0 Å². The van der Waals surface area contributed by atoms with Crippen molar-refractivity contribution in [3.05, 3.63) is 23.8 Å². The van der Waals surface area contributed by atoms with Gasteiger partial charge in [-0.3, -0.25) is 4.79 Å². The molecule has 0 unspecified atom stereocenters. The lowest BCUT2D eigenvalue weighted by atomic mass is 10.2. The molecule has 7 nitrogen and oxygen atoms in total. The molecule has 2 aliphatic heterocycles. The lowest BCUT2D eigenvalue weighted by molar-refractivity contribution is -0.131. The average Bonchev–Trinajstić information content (AvgIpc) is 2.88. The molecular weight excluding hydrogens is 356 g/mol. The number of benzene rings is 1. The van der Waals surface area contributed by atoms with Crippen LogP contribution >= 0.6 is 0 Å². The zero-order valence-corrected chi connectivity index (χ0v) is 16.0. The molecule has 0 aromatic heterocycles. The summed E-state index contributed by atoms with van der Waals surface area (Å²) in [5.41, 5.74) is 0.807. The predicted molar refractivity (Wildman–Crippen MR) is 97.5 cm³/mol. The maximum atomic E-state index is 12.5. The summed E-state index contributed by atoms with van der Waals surface area (Å²) in [6, 6.07) is 5.39. The van der Waals surface area contributed by atoms with Crippen LogP contribution in [0.4, 0.5) is 0 Å². The first-order chi connectivity index (χ1) is 12.4. The van der Waals surface area contributed by atoms with E-state index in [0.717, 1.165) is 44.3 Å². The lowest BCUT2D eigenvalue weighted by Gasteiger charge is -2.24. The molecule has 2 aliphatic rings. The summed E-state index contributed by atoms with van der Waals surface area (Å²) in [6.45, 7) is 2.13. The highest BCUT2D eigenvalue weighted by Gasteiger charge is 2.22. The number of rotatable bonds is 6. The number of likely N-dealkylation sites (tertiary alicyclic amines) is 1. The zero-order valence-electron chi connectivity index (χ0n) is 15.1. The molecule has 26 heavy (non-hydrogen) atoms. The molecule has 0 radical (unpaired) electrons. The van der Waals surface area contributed by atoms with Crippen LogP contribution in [0.25, 0.3) is 0 Å². The molecular formula is C18H26N2O5S. The van der Waals surface area contributed by atoms with Gasteiger partial charge in [-0.2, -0.15) is 4.31 Å². The van der Waals surface area contributed by atoms with E-state index in [1.807, 2.05) is 11.0 Å². The quantitative estimate of drug-likeness (QED) is 0.752. The first-order valence-corrected chi connectivity index (χ1v) is 10.9. The summed E-state index contributed by atoms with van der Waals surface area (Å²) in [6.07, 6.45) is 5.75. The van der Waals surface area contributed by atoms with E-state index in [0.29, 0.717) is 11.5 Å². The number of sulfonamides is 1. The number of carbonyl (C=O) groups excluding carboxylic acids is 1. The Kier molecular flexibility index (Phi) is 6.03. The maximum absolute atomic E-state index is 12.5. The van der Waals surface area contributed by atoms with Gasteiger partial charge in [0.25, 0.3) is 0 Å². The van der Waals surface area contributed by atoms with E-state index < -0.39 is 10.0 Å². The molecule has 0 aliphatic carbocycles. The number of fused-ring (bicyclic) bond motifs is 1. The summed E-state index contributed by atoms with van der Waals surface area (Å²) < 4.78 is 36.3. The number of ether oxygens (including phenoxy) is 2. The van der Waals surface area contributed by atoms with Crippen molar-refractivity contribution in [1.82, 2.24) is 9.21 Å². The van der Waals surface area contributed by atoms with E-state index >= 15 is 0 Å². The Bertz CT molecular complexity index is 742. The second kappa shape index (κ2) is 8.26. The number of carbonyl (C=O) groups is 1. The third-order valence-electron chi connectivity index (χ3n) is 4.80. The van der Waals surface area contributed by atoms with E-state index in [1.165, 1.54) is 10.6 Å². The SMILES string of the molecule is CS(=O)(=O)N(CCC(=O)N1CCCCCC1)Cc1ccc2c(c1)OCO2. The fourth-order valence-corrected chi connectivity index (χ4v) is 4.11. The Morgan fingerprint density at radius 2 is 1.81 bits per heavy atom. The fraction of sp³-hybridized carbons (Fsp3) is 0.611. The third kappa shape index (κ3) is 4.88. The molecule has 2 heterocycles. The van der Waals surface area contributed by atoms with Crippen LogP contribution in [-0.2, 0) is 21.4 Å². The van der Waals surface area contributed by atoms with Crippen LogP contribution in [-0.4, -0.2) is 56.2 Å². The van der Waals surface area contributed by atoms with Gasteiger partial charge in [-0.1, -0.05) is 18.9 Å². The van der Waals surface area contributed by atoms with E-state index in [9.17, 15) is 13.2 Å². The number of nitrogens with zero attached hydrogens (tertiary/aromatic N) is 2. The first-order valence-electron chi connectivity index (χ1n) is 9.05. The van der Waals surface area contributed by atoms with Crippen LogP contribution in [0.1, 0.15) is 37.7 Å². The van der Waals surface area contributed by atoms with Gasteiger partial charge in [0.1, 0.15) is 0 Å². The van der Waals surface area contributed by atoms with Crippen molar-refractivity contribution in [2.45, 2.75) is 38.6 Å². The Morgan fingerprint density at radius 3 is 2.50 bits per heavy atom. The average molecular weight is 382 g/mol. The molecule has 0 bridgehead atoms. The van der Waals surface area contributed by atoms with Crippen LogP contribution in [0.2, 0.25) is 0 Å². The van der Waals surface area contributed by atoms with Crippen molar-refractivity contribution >= 4 is 15.9 Å². The number of hydrogen-bond acceptors (Lipinski definition) is 5. The van der Waals surface area contributed by atoms with Crippen molar-refractivity contribution in [2.24, 2.45) is 0 Å². The van der Waals surface area contributed by atoms with Gasteiger partial charge in [0.05, 0.1) is 6.26 Å². The van der Waals surface area contributed by atoms with Gasteiger partial charge in [0.15, 0.2) is 11.5 Å². The van der Waals surface area contributed by atoms with Gasteiger partial charge in [-0.25, -0.2) is 8.42 Å². The summed E-state index contributed by atoms with van der Waals surface area (Å²) in [5.74, 6) is 1.32. The number of hydrogen-bond donors (Lipinski definition) is 0. The highest BCUT2D eigenvalue weighted by atomic mass is 32.2. The Hall–Kier alpha value is -1.80. The van der Waals surface area contributed by atoms with Crippen LogP contribution < -0.4 is 9.47 Å². The predicted octanol–water partition coefficient (Wildman–Crippen LogP) is 1.97. The molecule has 0 saturated carbocycles.